The van der Waals surface area contributed by atoms with Gasteiger partial charge in [-0.05, 0) is 73.7 Å². The lowest BCUT2D eigenvalue weighted by Crippen LogP contribution is -2.11. The molecule has 0 amide bonds. The average molecular weight is 369 g/mol. The largest absolute Gasteiger partial charge is 0.465 e. The Kier molecular flexibility index (Phi) is 5.53. The first-order chi connectivity index (χ1) is 13.8. The molecule has 0 aromatic heterocycles. The Morgan fingerprint density at radius 2 is 1.54 bits per heavy atom. The lowest BCUT2D eigenvalue weighted by molar-refractivity contribution is 0.473. The maximum absolute atomic E-state index is 6.20. The highest BCUT2D eigenvalue weighted by atomic mass is 16.5. The summed E-state index contributed by atoms with van der Waals surface area (Å²) < 4.78 is 12.0. The highest BCUT2D eigenvalue weighted by Crippen LogP contribution is 2.27. The predicted molar refractivity (Wildman–Crippen MR) is 113 cm³/mol. The first kappa shape index (κ1) is 18.1. The number of hydrogen-bond acceptors (Lipinski definition) is 3. The van der Waals surface area contributed by atoms with Crippen molar-refractivity contribution in [2.75, 3.05) is 0 Å². The fourth-order valence-electron chi connectivity index (χ4n) is 3.24. The van der Waals surface area contributed by atoms with Crippen LogP contribution in [0.1, 0.15) is 24.5 Å². The molecule has 1 aliphatic rings. The molecule has 0 N–H and O–H groups in total. The van der Waals surface area contributed by atoms with Gasteiger partial charge in [-0.25, -0.2) is 4.99 Å². The Hall–Kier alpha value is -3.33. The zero-order valence-corrected chi connectivity index (χ0v) is 16.0. The highest BCUT2D eigenvalue weighted by Gasteiger charge is 2.13. The van der Waals surface area contributed by atoms with E-state index in [4.69, 9.17) is 14.5 Å². The van der Waals surface area contributed by atoms with Gasteiger partial charge >= 0.3 is 0 Å². The van der Waals surface area contributed by atoms with Crippen LogP contribution in [0.3, 0.4) is 0 Å². The topological polar surface area (TPSA) is 30.8 Å². The van der Waals surface area contributed by atoms with Crippen LogP contribution in [0.5, 0.6) is 11.5 Å². The van der Waals surface area contributed by atoms with E-state index in [0.717, 1.165) is 35.6 Å². The van der Waals surface area contributed by atoms with Gasteiger partial charge in [-0.2, -0.15) is 0 Å². The highest BCUT2D eigenvalue weighted by molar-refractivity contribution is 5.96. The van der Waals surface area contributed by atoms with Crippen LogP contribution in [-0.2, 0) is 12.8 Å². The number of nitrogens with zero attached hydrogens (tertiary/aromatic N) is 1. The van der Waals surface area contributed by atoms with E-state index in [1.54, 1.807) is 6.26 Å². The van der Waals surface area contributed by atoms with Crippen molar-refractivity contribution in [1.82, 2.24) is 0 Å². The molecule has 28 heavy (non-hydrogen) atoms. The molecule has 3 nitrogen and oxygen atoms in total. The molecule has 0 spiro atoms. The summed E-state index contributed by atoms with van der Waals surface area (Å²) in [5.74, 6) is 2.11. The van der Waals surface area contributed by atoms with Crippen molar-refractivity contribution in [3.63, 3.8) is 0 Å². The zero-order valence-electron chi connectivity index (χ0n) is 16.0. The van der Waals surface area contributed by atoms with Crippen LogP contribution < -0.4 is 9.47 Å². The molecule has 0 aliphatic heterocycles. The second-order valence-electron chi connectivity index (χ2n) is 6.87. The number of benzene rings is 3. The molecule has 3 heteroatoms. The lowest BCUT2D eigenvalue weighted by Gasteiger charge is -2.11. The maximum atomic E-state index is 6.20. The Balaban J connectivity index is 1.61. The summed E-state index contributed by atoms with van der Waals surface area (Å²) in [4.78, 5) is 4.71. The second-order valence-corrected chi connectivity index (χ2v) is 6.87. The van der Waals surface area contributed by atoms with E-state index in [1.807, 2.05) is 73.7 Å². The second kappa shape index (κ2) is 8.57. The van der Waals surface area contributed by atoms with Crippen molar-refractivity contribution in [3.8, 4) is 11.5 Å². The molecule has 3 aromatic carbocycles. The van der Waals surface area contributed by atoms with Gasteiger partial charge in [0.25, 0.3) is 0 Å². The van der Waals surface area contributed by atoms with Gasteiger partial charge in [-0.15, -0.1) is 0 Å². The molecule has 0 fully saturated rings. The summed E-state index contributed by atoms with van der Waals surface area (Å²) in [6.07, 6.45) is 5.17. The Bertz CT molecular complexity index is 992. The van der Waals surface area contributed by atoms with E-state index in [0.29, 0.717) is 5.90 Å². The number of aliphatic imine (C=N–C) groups is 1. The molecule has 0 radical (unpaired) electrons. The van der Waals surface area contributed by atoms with Crippen molar-refractivity contribution < 1.29 is 9.47 Å². The summed E-state index contributed by atoms with van der Waals surface area (Å²) in [5, 5.41) is 0. The molecule has 3 aromatic rings. The van der Waals surface area contributed by atoms with Crippen molar-refractivity contribution in [3.05, 3.63) is 102 Å². The third-order valence-corrected chi connectivity index (χ3v) is 4.72. The van der Waals surface area contributed by atoms with Crippen LogP contribution in [0.2, 0.25) is 0 Å². The molecule has 4 rings (SSSR count). The van der Waals surface area contributed by atoms with Crippen LogP contribution in [0.15, 0.2) is 95.7 Å². The van der Waals surface area contributed by atoms with E-state index < -0.39 is 0 Å². The minimum absolute atomic E-state index is 0.528. The maximum Gasteiger partial charge on any atom is 0.225 e. The van der Waals surface area contributed by atoms with Gasteiger partial charge in [0.1, 0.15) is 11.5 Å². The van der Waals surface area contributed by atoms with E-state index in [-0.39, 0.29) is 0 Å². The van der Waals surface area contributed by atoms with Crippen LogP contribution in [0.4, 0.5) is 5.69 Å². The van der Waals surface area contributed by atoms with Crippen LogP contribution in [0, 0.1) is 0 Å². The normalized spacial score (nSPS) is 13.9. The number of hydrogen-bond donors (Lipinski definition) is 0. The smallest absolute Gasteiger partial charge is 0.225 e. The summed E-state index contributed by atoms with van der Waals surface area (Å²) >= 11 is 0. The zero-order chi connectivity index (χ0) is 19.2. The SMILES string of the molecule is CC(=C\Oc1ccccc1)/C(=N\c1ccccc1)Oc1ccc2c(c1)CCC2. The monoisotopic (exact) mass is 369 g/mol. The van der Waals surface area contributed by atoms with Gasteiger partial charge in [-0.1, -0.05) is 42.5 Å². The average Bonchev–Trinajstić information content (AvgIpc) is 3.21. The summed E-state index contributed by atoms with van der Waals surface area (Å²) in [6.45, 7) is 1.94. The summed E-state index contributed by atoms with van der Waals surface area (Å²) in [7, 11) is 0. The molecule has 0 saturated heterocycles. The standard InChI is InChI=1S/C25H23NO2/c1-19(18-27-23-13-6-3-7-14-23)25(26-22-11-4-2-5-12-22)28-24-16-15-20-9-8-10-21(20)17-24/h2-7,11-18H,8-10H2,1H3/b19-18+,26-25+. The molecule has 0 unspecified atom stereocenters. The fourth-order valence-corrected chi connectivity index (χ4v) is 3.24. The lowest BCUT2D eigenvalue weighted by atomic mass is 10.1. The molecule has 0 atom stereocenters. The number of ether oxygens (including phenoxy) is 2. The molecular formula is C25H23NO2. The van der Waals surface area contributed by atoms with Gasteiger partial charge in [0, 0.05) is 5.57 Å². The summed E-state index contributed by atoms with van der Waals surface area (Å²) in [6, 6.07) is 25.8. The Labute approximate surface area is 166 Å². The van der Waals surface area contributed by atoms with Crippen LogP contribution in [0.25, 0.3) is 0 Å². The number of fused-ring (bicyclic) bond motifs is 1. The number of para-hydroxylation sites is 2. The number of aryl methyl sites for hydroxylation is 2. The van der Waals surface area contributed by atoms with Crippen molar-refractivity contribution in [1.29, 1.82) is 0 Å². The fraction of sp³-hybridized carbons (Fsp3) is 0.160. The molecular weight excluding hydrogens is 346 g/mol. The molecule has 0 heterocycles. The molecule has 1 aliphatic carbocycles. The van der Waals surface area contributed by atoms with Crippen LogP contribution in [-0.4, -0.2) is 5.90 Å². The van der Waals surface area contributed by atoms with Gasteiger partial charge < -0.3 is 9.47 Å². The minimum Gasteiger partial charge on any atom is -0.465 e. The number of rotatable bonds is 5. The third kappa shape index (κ3) is 4.49. The van der Waals surface area contributed by atoms with Crippen LogP contribution >= 0.6 is 0 Å². The van der Waals surface area contributed by atoms with Crippen molar-refractivity contribution >= 4 is 11.6 Å². The van der Waals surface area contributed by atoms with Crippen molar-refractivity contribution in [2.45, 2.75) is 26.2 Å². The van der Waals surface area contributed by atoms with Gasteiger partial charge in [0.2, 0.25) is 5.90 Å². The van der Waals surface area contributed by atoms with Gasteiger partial charge in [0.05, 0.1) is 11.9 Å². The Morgan fingerprint density at radius 1 is 0.821 bits per heavy atom. The first-order valence-electron chi connectivity index (χ1n) is 9.60. The quantitative estimate of drug-likeness (QED) is 0.302. The minimum atomic E-state index is 0.528. The van der Waals surface area contributed by atoms with E-state index in [2.05, 4.69) is 12.1 Å². The van der Waals surface area contributed by atoms with Gasteiger partial charge in [0.15, 0.2) is 0 Å². The first-order valence-corrected chi connectivity index (χ1v) is 9.60. The molecule has 140 valence electrons. The van der Waals surface area contributed by atoms with E-state index >= 15 is 0 Å². The summed E-state index contributed by atoms with van der Waals surface area (Å²) in [5.41, 5.74) is 4.45. The van der Waals surface area contributed by atoms with E-state index in [9.17, 15) is 0 Å². The molecule has 0 bridgehead atoms. The molecule has 0 saturated carbocycles. The predicted octanol–water partition coefficient (Wildman–Crippen LogP) is 6.27. The third-order valence-electron chi connectivity index (χ3n) is 4.72. The van der Waals surface area contributed by atoms with Gasteiger partial charge in [-0.3, -0.25) is 0 Å². The van der Waals surface area contributed by atoms with Crippen molar-refractivity contribution in [2.24, 2.45) is 4.99 Å². The Morgan fingerprint density at radius 3 is 2.32 bits per heavy atom. The van der Waals surface area contributed by atoms with E-state index in [1.165, 1.54) is 17.5 Å².